The smallest absolute Gasteiger partial charge is 0.230 e. The number of nitrogens with zero attached hydrogens (tertiary/aromatic N) is 1. The van der Waals surface area contributed by atoms with Crippen molar-refractivity contribution < 1.29 is 4.79 Å². The van der Waals surface area contributed by atoms with Crippen LogP contribution in [0.2, 0.25) is 0 Å². The summed E-state index contributed by atoms with van der Waals surface area (Å²) in [6, 6.07) is 12.6. The van der Waals surface area contributed by atoms with Gasteiger partial charge in [-0.2, -0.15) is 0 Å². The van der Waals surface area contributed by atoms with E-state index >= 15 is 0 Å². The van der Waals surface area contributed by atoms with Crippen LogP contribution in [-0.4, -0.2) is 10.9 Å². The van der Waals surface area contributed by atoms with Gasteiger partial charge in [-0.05, 0) is 30.3 Å². The van der Waals surface area contributed by atoms with Crippen LogP contribution in [0, 0.1) is 0 Å². The molecule has 4 nitrogen and oxygen atoms in total. The molecule has 0 aliphatic rings. The molecular weight excluding hydrogens is 214 g/mol. The van der Waals surface area contributed by atoms with Gasteiger partial charge in [0.2, 0.25) is 5.91 Å². The van der Waals surface area contributed by atoms with E-state index in [2.05, 4.69) is 10.3 Å². The summed E-state index contributed by atoms with van der Waals surface area (Å²) < 4.78 is 0. The third-order valence-electron chi connectivity index (χ3n) is 2.24. The summed E-state index contributed by atoms with van der Waals surface area (Å²) in [4.78, 5) is 15.8. The van der Waals surface area contributed by atoms with Crippen molar-refractivity contribution in [3.63, 3.8) is 0 Å². The number of rotatable bonds is 3. The lowest BCUT2D eigenvalue weighted by Gasteiger charge is -2.05. The molecule has 2 aromatic rings. The van der Waals surface area contributed by atoms with Crippen LogP contribution in [0.4, 0.5) is 11.4 Å². The molecule has 1 aromatic heterocycles. The van der Waals surface area contributed by atoms with Crippen LogP contribution in [-0.2, 0) is 11.2 Å². The van der Waals surface area contributed by atoms with Crippen LogP contribution in [0.1, 0.15) is 5.69 Å². The summed E-state index contributed by atoms with van der Waals surface area (Å²) in [7, 11) is 0. The zero-order valence-electron chi connectivity index (χ0n) is 9.26. The zero-order chi connectivity index (χ0) is 12.1. The number of amides is 1. The molecule has 86 valence electrons. The normalized spacial score (nSPS) is 9.88. The standard InChI is InChI=1S/C13H13N3O/c14-10-4-3-6-12(8-10)16-13(17)9-11-5-1-2-7-15-11/h1-8H,9,14H2,(H,16,17). The number of carbonyl (C=O) groups is 1. The third-order valence-corrected chi connectivity index (χ3v) is 2.24. The van der Waals surface area contributed by atoms with Gasteiger partial charge in [-0.3, -0.25) is 9.78 Å². The molecule has 0 atom stereocenters. The Balaban J connectivity index is 1.98. The SMILES string of the molecule is Nc1cccc(NC(=O)Cc2ccccn2)c1. The molecule has 4 heteroatoms. The number of benzene rings is 1. The fourth-order valence-corrected chi connectivity index (χ4v) is 1.49. The number of nitrogens with two attached hydrogens (primary N) is 1. The summed E-state index contributed by atoms with van der Waals surface area (Å²) in [6.07, 6.45) is 1.93. The maximum Gasteiger partial charge on any atom is 0.230 e. The molecule has 1 amide bonds. The first-order chi connectivity index (χ1) is 8.24. The number of aromatic nitrogens is 1. The minimum atomic E-state index is -0.102. The largest absolute Gasteiger partial charge is 0.399 e. The van der Waals surface area contributed by atoms with Gasteiger partial charge < -0.3 is 11.1 Å². The minimum absolute atomic E-state index is 0.102. The molecule has 3 N–H and O–H groups in total. The van der Waals surface area contributed by atoms with Crippen molar-refractivity contribution in [3.05, 3.63) is 54.4 Å². The number of nitrogen functional groups attached to an aromatic ring is 1. The second-order valence-electron chi connectivity index (χ2n) is 3.67. The van der Waals surface area contributed by atoms with Crippen molar-refractivity contribution in [1.29, 1.82) is 0 Å². The number of hydrogen-bond acceptors (Lipinski definition) is 3. The highest BCUT2D eigenvalue weighted by atomic mass is 16.1. The van der Waals surface area contributed by atoms with E-state index in [1.807, 2.05) is 18.2 Å². The van der Waals surface area contributed by atoms with Crippen LogP contribution in [0.25, 0.3) is 0 Å². The molecule has 0 aliphatic heterocycles. The summed E-state index contributed by atoms with van der Waals surface area (Å²) in [5.74, 6) is -0.102. The van der Waals surface area contributed by atoms with Crippen LogP contribution < -0.4 is 11.1 Å². The van der Waals surface area contributed by atoms with Gasteiger partial charge in [0.1, 0.15) is 0 Å². The highest BCUT2D eigenvalue weighted by Gasteiger charge is 2.04. The monoisotopic (exact) mass is 227 g/mol. The summed E-state index contributed by atoms with van der Waals surface area (Å²) in [5, 5.41) is 2.77. The zero-order valence-corrected chi connectivity index (χ0v) is 9.26. The molecule has 0 fully saturated rings. The second-order valence-corrected chi connectivity index (χ2v) is 3.67. The maximum atomic E-state index is 11.7. The van der Waals surface area contributed by atoms with Crippen molar-refractivity contribution in [2.45, 2.75) is 6.42 Å². The van der Waals surface area contributed by atoms with Crippen LogP contribution in [0.5, 0.6) is 0 Å². The van der Waals surface area contributed by atoms with Gasteiger partial charge in [0.25, 0.3) is 0 Å². The Morgan fingerprint density at radius 2 is 2.12 bits per heavy atom. The van der Waals surface area contributed by atoms with Crippen molar-refractivity contribution in [2.24, 2.45) is 0 Å². The Morgan fingerprint density at radius 3 is 2.82 bits per heavy atom. The van der Waals surface area contributed by atoms with Crippen LogP contribution in [0.15, 0.2) is 48.7 Å². The highest BCUT2D eigenvalue weighted by Crippen LogP contribution is 2.12. The predicted octanol–water partition coefficient (Wildman–Crippen LogP) is 1.84. The topological polar surface area (TPSA) is 68.0 Å². The maximum absolute atomic E-state index is 11.7. The summed E-state index contributed by atoms with van der Waals surface area (Å²) in [5.41, 5.74) is 7.69. The van der Waals surface area contributed by atoms with E-state index < -0.39 is 0 Å². The third kappa shape index (κ3) is 3.31. The Bertz CT molecular complexity index is 511. The first kappa shape index (κ1) is 11.1. The van der Waals surface area contributed by atoms with Gasteiger partial charge >= 0.3 is 0 Å². The van der Waals surface area contributed by atoms with Crippen molar-refractivity contribution >= 4 is 17.3 Å². The first-order valence-electron chi connectivity index (χ1n) is 5.29. The van der Waals surface area contributed by atoms with Gasteiger partial charge in [0.15, 0.2) is 0 Å². The molecular formula is C13H13N3O. The van der Waals surface area contributed by atoms with E-state index in [1.165, 1.54) is 0 Å². The Morgan fingerprint density at radius 1 is 1.24 bits per heavy atom. The minimum Gasteiger partial charge on any atom is -0.399 e. The lowest BCUT2D eigenvalue weighted by molar-refractivity contribution is -0.115. The van der Waals surface area contributed by atoms with Crippen molar-refractivity contribution in [2.75, 3.05) is 11.1 Å². The number of anilines is 2. The first-order valence-corrected chi connectivity index (χ1v) is 5.29. The molecule has 1 aromatic carbocycles. The fraction of sp³-hybridized carbons (Fsp3) is 0.0769. The lowest BCUT2D eigenvalue weighted by atomic mass is 10.2. The highest BCUT2D eigenvalue weighted by molar-refractivity contribution is 5.92. The average Bonchev–Trinajstić information content (AvgIpc) is 2.30. The van der Waals surface area contributed by atoms with Gasteiger partial charge in [0, 0.05) is 23.3 Å². The van der Waals surface area contributed by atoms with Crippen molar-refractivity contribution in [1.82, 2.24) is 4.98 Å². The van der Waals surface area contributed by atoms with Crippen molar-refractivity contribution in [3.8, 4) is 0 Å². The molecule has 17 heavy (non-hydrogen) atoms. The molecule has 0 radical (unpaired) electrons. The number of pyridine rings is 1. The van der Waals surface area contributed by atoms with E-state index in [0.29, 0.717) is 11.4 Å². The van der Waals surface area contributed by atoms with E-state index in [1.54, 1.807) is 30.5 Å². The van der Waals surface area contributed by atoms with Gasteiger partial charge in [-0.25, -0.2) is 0 Å². The van der Waals surface area contributed by atoms with E-state index in [4.69, 9.17) is 5.73 Å². The number of hydrogen-bond donors (Lipinski definition) is 2. The lowest BCUT2D eigenvalue weighted by Crippen LogP contribution is -2.15. The predicted molar refractivity (Wildman–Crippen MR) is 67.4 cm³/mol. The van der Waals surface area contributed by atoms with Gasteiger partial charge in [-0.1, -0.05) is 12.1 Å². The average molecular weight is 227 g/mol. The molecule has 0 saturated carbocycles. The summed E-state index contributed by atoms with van der Waals surface area (Å²) in [6.45, 7) is 0. The molecule has 2 rings (SSSR count). The van der Waals surface area contributed by atoms with Crippen LogP contribution >= 0.6 is 0 Å². The molecule has 0 bridgehead atoms. The second kappa shape index (κ2) is 5.12. The molecule has 0 unspecified atom stereocenters. The number of nitrogens with one attached hydrogen (secondary N) is 1. The van der Waals surface area contributed by atoms with E-state index in [9.17, 15) is 4.79 Å². The van der Waals surface area contributed by atoms with Gasteiger partial charge in [-0.15, -0.1) is 0 Å². The van der Waals surface area contributed by atoms with E-state index in [0.717, 1.165) is 5.69 Å². The fourth-order valence-electron chi connectivity index (χ4n) is 1.49. The van der Waals surface area contributed by atoms with E-state index in [-0.39, 0.29) is 12.3 Å². The Kier molecular flexibility index (Phi) is 3.35. The van der Waals surface area contributed by atoms with Crippen LogP contribution in [0.3, 0.4) is 0 Å². The molecule has 0 spiro atoms. The Hall–Kier alpha value is -2.36. The Labute approximate surface area is 99.5 Å². The molecule has 0 aliphatic carbocycles. The van der Waals surface area contributed by atoms with Gasteiger partial charge in [0.05, 0.1) is 6.42 Å². The summed E-state index contributed by atoms with van der Waals surface area (Å²) >= 11 is 0. The molecule has 0 saturated heterocycles. The number of carbonyl (C=O) groups excluding carboxylic acids is 1. The molecule has 1 heterocycles. The quantitative estimate of drug-likeness (QED) is 0.786.